The van der Waals surface area contributed by atoms with Crippen LogP contribution in [0.1, 0.15) is 36.2 Å². The zero-order valence-electron chi connectivity index (χ0n) is 11.2. The van der Waals surface area contributed by atoms with E-state index in [0.717, 1.165) is 0 Å². The molecule has 1 N–H and O–H groups in total. The standard InChI is InChI=1S/C13H17ClN2O3/c1-9-10(5-4-6-11(9)16(18)19)12(17)15-13(2,3)7-8-14/h4-6H,7-8H2,1-3H3,(H,15,17). The third kappa shape index (κ3) is 3.92. The molecule has 0 spiro atoms. The Morgan fingerprint density at radius 1 is 1.47 bits per heavy atom. The van der Waals surface area contributed by atoms with E-state index < -0.39 is 10.5 Å². The lowest BCUT2D eigenvalue weighted by atomic mass is 9.99. The molecule has 1 rings (SSSR count). The molecule has 104 valence electrons. The second-order valence-electron chi connectivity index (χ2n) is 4.98. The summed E-state index contributed by atoms with van der Waals surface area (Å²) in [6.07, 6.45) is 0.619. The maximum Gasteiger partial charge on any atom is 0.273 e. The molecule has 0 atom stereocenters. The summed E-state index contributed by atoms with van der Waals surface area (Å²) < 4.78 is 0. The Hall–Kier alpha value is -1.62. The van der Waals surface area contributed by atoms with E-state index in [1.54, 1.807) is 13.0 Å². The number of hydrogen-bond donors (Lipinski definition) is 1. The maximum atomic E-state index is 12.2. The number of alkyl halides is 1. The molecular weight excluding hydrogens is 268 g/mol. The lowest BCUT2D eigenvalue weighted by Crippen LogP contribution is -2.43. The van der Waals surface area contributed by atoms with Crippen molar-refractivity contribution in [1.29, 1.82) is 0 Å². The van der Waals surface area contributed by atoms with Crippen molar-refractivity contribution in [2.24, 2.45) is 0 Å². The number of benzene rings is 1. The first-order valence-electron chi connectivity index (χ1n) is 5.91. The highest BCUT2D eigenvalue weighted by molar-refractivity contribution is 6.17. The average molecular weight is 285 g/mol. The Kier molecular flexibility index (Phi) is 4.89. The van der Waals surface area contributed by atoms with Crippen molar-refractivity contribution in [3.05, 3.63) is 39.4 Å². The van der Waals surface area contributed by atoms with Gasteiger partial charge in [0.25, 0.3) is 11.6 Å². The van der Waals surface area contributed by atoms with Crippen molar-refractivity contribution in [1.82, 2.24) is 5.32 Å². The van der Waals surface area contributed by atoms with Crippen molar-refractivity contribution < 1.29 is 9.72 Å². The molecule has 0 aromatic heterocycles. The number of halogens is 1. The van der Waals surface area contributed by atoms with E-state index in [2.05, 4.69) is 5.32 Å². The maximum absolute atomic E-state index is 12.2. The van der Waals surface area contributed by atoms with Gasteiger partial charge in [0.1, 0.15) is 0 Å². The average Bonchev–Trinajstić information content (AvgIpc) is 2.27. The number of amides is 1. The van der Waals surface area contributed by atoms with Gasteiger partial charge < -0.3 is 5.32 Å². The first-order chi connectivity index (χ1) is 8.78. The monoisotopic (exact) mass is 284 g/mol. The number of hydrogen-bond acceptors (Lipinski definition) is 3. The lowest BCUT2D eigenvalue weighted by molar-refractivity contribution is -0.385. The van der Waals surface area contributed by atoms with Gasteiger partial charge in [-0.15, -0.1) is 11.6 Å². The van der Waals surface area contributed by atoms with Crippen molar-refractivity contribution in [2.45, 2.75) is 32.7 Å². The van der Waals surface area contributed by atoms with E-state index in [0.29, 0.717) is 23.4 Å². The molecule has 0 aliphatic heterocycles. The molecular formula is C13H17ClN2O3. The molecule has 6 heteroatoms. The molecule has 0 unspecified atom stereocenters. The third-order valence-electron chi connectivity index (χ3n) is 2.92. The number of carbonyl (C=O) groups is 1. The second kappa shape index (κ2) is 6.02. The smallest absolute Gasteiger partial charge is 0.273 e. The molecule has 0 heterocycles. The normalized spacial score (nSPS) is 11.2. The van der Waals surface area contributed by atoms with Crippen LogP contribution in [0.3, 0.4) is 0 Å². The molecule has 0 saturated heterocycles. The molecule has 0 aliphatic rings. The van der Waals surface area contributed by atoms with Crippen LogP contribution in [0.25, 0.3) is 0 Å². The van der Waals surface area contributed by atoms with Gasteiger partial charge in [-0.1, -0.05) is 6.07 Å². The van der Waals surface area contributed by atoms with Gasteiger partial charge in [-0.05, 0) is 33.3 Å². The fourth-order valence-corrected chi connectivity index (χ4v) is 2.21. The van der Waals surface area contributed by atoms with Gasteiger partial charge in [-0.2, -0.15) is 0 Å². The first kappa shape index (κ1) is 15.4. The largest absolute Gasteiger partial charge is 0.347 e. The summed E-state index contributed by atoms with van der Waals surface area (Å²) in [4.78, 5) is 22.5. The van der Waals surface area contributed by atoms with Crippen molar-refractivity contribution >= 4 is 23.2 Å². The summed E-state index contributed by atoms with van der Waals surface area (Å²) in [5, 5.41) is 13.7. The lowest BCUT2D eigenvalue weighted by Gasteiger charge is -2.25. The van der Waals surface area contributed by atoms with Crippen LogP contribution in [0.5, 0.6) is 0 Å². The summed E-state index contributed by atoms with van der Waals surface area (Å²) >= 11 is 5.67. The Bertz CT molecular complexity index is 501. The number of nitrogens with one attached hydrogen (secondary N) is 1. The van der Waals surface area contributed by atoms with Gasteiger partial charge in [0.05, 0.1) is 4.92 Å². The van der Waals surface area contributed by atoms with Crippen molar-refractivity contribution in [3.63, 3.8) is 0 Å². The zero-order chi connectivity index (χ0) is 14.6. The summed E-state index contributed by atoms with van der Waals surface area (Å²) in [6, 6.07) is 4.47. The Balaban J connectivity index is 3.01. The second-order valence-corrected chi connectivity index (χ2v) is 5.36. The fourth-order valence-electron chi connectivity index (χ4n) is 1.74. The van der Waals surface area contributed by atoms with E-state index in [1.807, 2.05) is 13.8 Å². The quantitative estimate of drug-likeness (QED) is 0.513. The Morgan fingerprint density at radius 2 is 2.11 bits per heavy atom. The topological polar surface area (TPSA) is 72.2 Å². The molecule has 5 nitrogen and oxygen atoms in total. The van der Waals surface area contributed by atoms with E-state index >= 15 is 0 Å². The van der Waals surface area contributed by atoms with Crippen molar-refractivity contribution in [2.75, 3.05) is 5.88 Å². The zero-order valence-corrected chi connectivity index (χ0v) is 12.0. The molecule has 0 radical (unpaired) electrons. The third-order valence-corrected chi connectivity index (χ3v) is 3.11. The highest BCUT2D eigenvalue weighted by Gasteiger charge is 2.23. The van der Waals surface area contributed by atoms with Crippen LogP contribution in [0.2, 0.25) is 0 Å². The van der Waals surface area contributed by atoms with Gasteiger partial charge in [0, 0.05) is 28.6 Å². The SMILES string of the molecule is Cc1c(C(=O)NC(C)(C)CCCl)cccc1[N+](=O)[O-]. The number of nitrogens with zero attached hydrogens (tertiary/aromatic N) is 1. The highest BCUT2D eigenvalue weighted by atomic mass is 35.5. The number of rotatable bonds is 5. The molecule has 1 amide bonds. The number of carbonyl (C=O) groups excluding carboxylic acids is 1. The predicted octanol–water partition coefficient (Wildman–Crippen LogP) is 3.04. The van der Waals surface area contributed by atoms with Crippen LogP contribution in [-0.4, -0.2) is 22.2 Å². The Morgan fingerprint density at radius 3 is 2.63 bits per heavy atom. The van der Waals surface area contributed by atoms with Gasteiger partial charge in [0.15, 0.2) is 0 Å². The summed E-state index contributed by atoms with van der Waals surface area (Å²) in [7, 11) is 0. The van der Waals surface area contributed by atoms with E-state index in [1.165, 1.54) is 12.1 Å². The minimum absolute atomic E-state index is 0.0530. The Labute approximate surface area is 117 Å². The predicted molar refractivity (Wildman–Crippen MR) is 74.7 cm³/mol. The molecule has 0 fully saturated rings. The molecule has 0 bridgehead atoms. The fraction of sp³-hybridized carbons (Fsp3) is 0.462. The van der Waals surface area contributed by atoms with Crippen LogP contribution in [0.4, 0.5) is 5.69 Å². The van der Waals surface area contributed by atoms with E-state index in [4.69, 9.17) is 11.6 Å². The molecule has 1 aromatic rings. The van der Waals surface area contributed by atoms with Gasteiger partial charge in [0.2, 0.25) is 0 Å². The van der Waals surface area contributed by atoms with Gasteiger partial charge >= 0.3 is 0 Å². The minimum Gasteiger partial charge on any atom is -0.347 e. The van der Waals surface area contributed by atoms with Gasteiger partial charge in [-0.3, -0.25) is 14.9 Å². The summed E-state index contributed by atoms with van der Waals surface area (Å²) in [6.45, 7) is 5.29. The first-order valence-corrected chi connectivity index (χ1v) is 6.44. The van der Waals surface area contributed by atoms with Crippen LogP contribution in [0.15, 0.2) is 18.2 Å². The van der Waals surface area contributed by atoms with E-state index in [-0.39, 0.29) is 11.6 Å². The summed E-state index contributed by atoms with van der Waals surface area (Å²) in [5.41, 5.74) is 0.182. The minimum atomic E-state index is -0.490. The molecule has 1 aromatic carbocycles. The van der Waals surface area contributed by atoms with Crippen LogP contribution in [0, 0.1) is 17.0 Å². The van der Waals surface area contributed by atoms with E-state index in [9.17, 15) is 14.9 Å². The van der Waals surface area contributed by atoms with Gasteiger partial charge in [-0.25, -0.2) is 0 Å². The van der Waals surface area contributed by atoms with Crippen molar-refractivity contribution in [3.8, 4) is 0 Å². The number of nitro groups is 1. The molecule has 19 heavy (non-hydrogen) atoms. The molecule has 0 saturated carbocycles. The van der Waals surface area contributed by atoms with Crippen LogP contribution < -0.4 is 5.32 Å². The van der Waals surface area contributed by atoms with Crippen LogP contribution in [-0.2, 0) is 0 Å². The number of nitro benzene ring substituents is 1. The van der Waals surface area contributed by atoms with Crippen LogP contribution >= 0.6 is 11.6 Å². The highest BCUT2D eigenvalue weighted by Crippen LogP contribution is 2.22. The molecule has 0 aliphatic carbocycles. The summed E-state index contributed by atoms with van der Waals surface area (Å²) in [5.74, 6) is 0.109.